The molecule has 4 nitrogen and oxygen atoms in total. The van der Waals surface area contributed by atoms with E-state index >= 15 is 0 Å². The molecule has 3 aromatic rings. The van der Waals surface area contributed by atoms with Crippen LogP contribution in [0.5, 0.6) is 11.5 Å². The third kappa shape index (κ3) is 4.39. The van der Waals surface area contributed by atoms with Gasteiger partial charge in [0.2, 0.25) is 0 Å². The Kier molecular flexibility index (Phi) is 5.74. The summed E-state index contributed by atoms with van der Waals surface area (Å²) in [4.78, 5) is 0. The first-order valence-corrected chi connectivity index (χ1v) is 10.1. The van der Waals surface area contributed by atoms with Crippen molar-refractivity contribution >= 4 is 17.3 Å². The predicted octanol–water partition coefficient (Wildman–Crippen LogP) is 4.39. The maximum absolute atomic E-state index is 10.4. The van der Waals surface area contributed by atoms with Crippen LogP contribution in [0, 0.1) is 0 Å². The molecular weight excluding hydrogens is 384 g/mol. The van der Waals surface area contributed by atoms with Gasteiger partial charge in [0.05, 0.1) is 12.2 Å². The number of phenolic OH excluding ortho intramolecular Hbond substituents is 1. The third-order valence-electron chi connectivity index (χ3n) is 5.06. The molecule has 0 fully saturated rings. The number of benzene rings is 3. The highest BCUT2D eigenvalue weighted by molar-refractivity contribution is 6.30. The quantitative estimate of drug-likeness (QED) is 0.587. The van der Waals surface area contributed by atoms with Crippen molar-refractivity contribution in [2.75, 3.05) is 6.61 Å². The van der Waals surface area contributed by atoms with Crippen molar-refractivity contribution < 1.29 is 15.2 Å². The second-order valence-corrected chi connectivity index (χ2v) is 7.42. The summed E-state index contributed by atoms with van der Waals surface area (Å²) in [6, 6.07) is 23.4. The number of hydrogen-bond donors (Lipinski definition) is 3. The molecule has 0 aromatic heterocycles. The molecular formula is C24H24ClN2O2+. The molecule has 0 saturated carbocycles. The maximum Gasteiger partial charge on any atom is 0.186 e. The van der Waals surface area contributed by atoms with E-state index in [0.717, 1.165) is 28.1 Å². The number of nitrogens with one attached hydrogen (secondary N) is 1. The van der Waals surface area contributed by atoms with Crippen molar-refractivity contribution in [1.82, 2.24) is 5.32 Å². The lowest BCUT2D eigenvalue weighted by Crippen LogP contribution is -2.89. The second kappa shape index (κ2) is 8.60. The maximum atomic E-state index is 10.4. The lowest BCUT2D eigenvalue weighted by molar-refractivity contribution is -0.731. The molecule has 4 rings (SSSR count). The summed E-state index contributed by atoms with van der Waals surface area (Å²) in [6.45, 7) is 2.62. The number of rotatable bonds is 5. The zero-order valence-electron chi connectivity index (χ0n) is 16.2. The molecule has 2 unspecified atom stereocenters. The molecule has 3 aromatic carbocycles. The highest BCUT2D eigenvalue weighted by Crippen LogP contribution is 2.29. The van der Waals surface area contributed by atoms with Crippen molar-refractivity contribution in [3.63, 3.8) is 0 Å². The number of quaternary nitrogens is 1. The summed E-state index contributed by atoms with van der Waals surface area (Å²) in [6.07, 6.45) is 2.14. The van der Waals surface area contributed by atoms with Crippen molar-refractivity contribution in [2.45, 2.75) is 19.1 Å². The molecule has 29 heavy (non-hydrogen) atoms. The molecule has 0 saturated heterocycles. The van der Waals surface area contributed by atoms with Gasteiger partial charge in [-0.1, -0.05) is 23.7 Å². The number of nitrogens with two attached hydrogens (primary N) is 1. The summed E-state index contributed by atoms with van der Waals surface area (Å²) >= 11 is 6.07. The van der Waals surface area contributed by atoms with E-state index in [1.54, 1.807) is 6.07 Å². The smallest absolute Gasteiger partial charge is 0.186 e. The van der Waals surface area contributed by atoms with Gasteiger partial charge in [0, 0.05) is 22.4 Å². The van der Waals surface area contributed by atoms with Crippen LogP contribution < -0.4 is 15.4 Å². The Morgan fingerprint density at radius 2 is 1.72 bits per heavy atom. The van der Waals surface area contributed by atoms with E-state index in [-0.39, 0.29) is 12.2 Å². The van der Waals surface area contributed by atoms with Crippen molar-refractivity contribution in [2.24, 2.45) is 0 Å². The largest absolute Gasteiger partial charge is 0.507 e. The van der Waals surface area contributed by atoms with Gasteiger partial charge >= 0.3 is 0 Å². The Morgan fingerprint density at radius 3 is 2.41 bits per heavy atom. The molecule has 0 bridgehead atoms. The zero-order valence-corrected chi connectivity index (χ0v) is 16.9. The van der Waals surface area contributed by atoms with Gasteiger partial charge in [0.1, 0.15) is 17.5 Å². The highest BCUT2D eigenvalue weighted by Gasteiger charge is 2.29. The van der Waals surface area contributed by atoms with Gasteiger partial charge in [0.15, 0.2) is 6.17 Å². The molecule has 0 amide bonds. The Balaban J connectivity index is 1.71. The van der Waals surface area contributed by atoms with Crippen LogP contribution in [-0.4, -0.2) is 11.7 Å². The first-order valence-electron chi connectivity index (χ1n) is 9.74. The van der Waals surface area contributed by atoms with E-state index in [9.17, 15) is 5.11 Å². The Labute approximate surface area is 175 Å². The van der Waals surface area contributed by atoms with E-state index in [4.69, 9.17) is 16.3 Å². The van der Waals surface area contributed by atoms with Crippen LogP contribution in [0.25, 0.3) is 5.70 Å². The molecule has 5 heteroatoms. The van der Waals surface area contributed by atoms with Gasteiger partial charge in [-0.2, -0.15) is 0 Å². The minimum absolute atomic E-state index is 0.0107. The molecule has 0 spiro atoms. The molecule has 1 aliphatic rings. The molecule has 1 heterocycles. The van der Waals surface area contributed by atoms with Gasteiger partial charge in [-0.3, -0.25) is 0 Å². The highest BCUT2D eigenvalue weighted by atomic mass is 35.5. The van der Waals surface area contributed by atoms with Crippen molar-refractivity contribution in [3.8, 4) is 11.5 Å². The Morgan fingerprint density at radius 1 is 1.00 bits per heavy atom. The summed E-state index contributed by atoms with van der Waals surface area (Å²) in [5.74, 6) is 1.15. The topological polar surface area (TPSA) is 58.1 Å². The van der Waals surface area contributed by atoms with Gasteiger partial charge in [-0.25, -0.2) is 0 Å². The number of aromatic hydroxyl groups is 1. The predicted molar refractivity (Wildman–Crippen MR) is 116 cm³/mol. The number of ether oxygens (including phenoxy) is 1. The fourth-order valence-corrected chi connectivity index (χ4v) is 3.74. The summed E-state index contributed by atoms with van der Waals surface area (Å²) in [5, 5.41) is 16.9. The lowest BCUT2D eigenvalue weighted by Gasteiger charge is -2.30. The minimum Gasteiger partial charge on any atom is -0.507 e. The Bertz CT molecular complexity index is 1000. The number of phenols is 1. The monoisotopic (exact) mass is 407 g/mol. The fourth-order valence-electron chi connectivity index (χ4n) is 3.61. The molecule has 4 N–H and O–H groups in total. The summed E-state index contributed by atoms with van der Waals surface area (Å²) in [7, 11) is 0. The SMILES string of the molecule is CCOc1ccc(C2=CC(c3ccccc3O)[NH2+]C(c3ccc(Cl)cc3)N2)cc1. The normalized spacial score (nSPS) is 18.6. The van der Waals surface area contributed by atoms with Crippen LogP contribution in [0.2, 0.25) is 5.02 Å². The van der Waals surface area contributed by atoms with Gasteiger partial charge < -0.3 is 20.5 Å². The molecule has 1 aliphatic heterocycles. The molecule has 148 valence electrons. The molecule has 0 aliphatic carbocycles. The lowest BCUT2D eigenvalue weighted by atomic mass is 9.98. The van der Waals surface area contributed by atoms with E-state index in [0.29, 0.717) is 17.4 Å². The second-order valence-electron chi connectivity index (χ2n) is 6.99. The fraction of sp³-hybridized carbons (Fsp3) is 0.167. The van der Waals surface area contributed by atoms with Crippen LogP contribution in [-0.2, 0) is 0 Å². The number of hydrogen-bond acceptors (Lipinski definition) is 3. The summed E-state index contributed by atoms with van der Waals surface area (Å²) in [5.41, 5.74) is 4.09. The number of halogens is 1. The van der Waals surface area contributed by atoms with Gasteiger partial charge in [-0.15, -0.1) is 0 Å². The Hall–Kier alpha value is -2.95. The third-order valence-corrected chi connectivity index (χ3v) is 5.31. The van der Waals surface area contributed by atoms with Crippen molar-refractivity contribution in [3.05, 3.63) is 101 Å². The van der Waals surface area contributed by atoms with Crippen LogP contribution in [0.15, 0.2) is 78.9 Å². The van der Waals surface area contributed by atoms with Crippen LogP contribution in [0.1, 0.15) is 35.8 Å². The van der Waals surface area contributed by atoms with Crippen LogP contribution in [0.3, 0.4) is 0 Å². The number of para-hydroxylation sites is 1. The van der Waals surface area contributed by atoms with Crippen LogP contribution >= 0.6 is 11.6 Å². The first-order chi connectivity index (χ1) is 14.1. The van der Waals surface area contributed by atoms with Crippen molar-refractivity contribution in [1.29, 1.82) is 0 Å². The molecule has 0 radical (unpaired) electrons. The van der Waals surface area contributed by atoms with Crippen LogP contribution in [0.4, 0.5) is 0 Å². The summed E-state index contributed by atoms with van der Waals surface area (Å²) < 4.78 is 5.56. The van der Waals surface area contributed by atoms with E-state index in [2.05, 4.69) is 28.8 Å². The first kappa shape index (κ1) is 19.4. The standard InChI is InChI=1S/C24H23ClN2O2/c1-2-29-19-13-9-16(10-14-19)21-15-22(20-5-3-4-6-23(20)28)27-24(26-21)17-7-11-18(25)12-8-17/h3-15,22,24,26-28H,2H2,1H3/p+1. The molecule has 2 atom stereocenters. The van der Waals surface area contributed by atoms with Gasteiger partial charge in [0.25, 0.3) is 0 Å². The van der Waals surface area contributed by atoms with E-state index < -0.39 is 0 Å². The van der Waals surface area contributed by atoms with E-state index in [1.165, 1.54) is 0 Å². The van der Waals surface area contributed by atoms with Gasteiger partial charge in [-0.05, 0) is 73.2 Å². The minimum atomic E-state index is -0.0281. The zero-order chi connectivity index (χ0) is 20.2. The average molecular weight is 408 g/mol. The average Bonchev–Trinajstić information content (AvgIpc) is 2.75. The van der Waals surface area contributed by atoms with E-state index in [1.807, 2.05) is 61.5 Å².